The summed E-state index contributed by atoms with van der Waals surface area (Å²) >= 11 is 0. The van der Waals surface area contributed by atoms with Gasteiger partial charge in [0.1, 0.15) is 23.1 Å². The van der Waals surface area contributed by atoms with Crippen molar-refractivity contribution in [3.8, 4) is 22.8 Å². The summed E-state index contributed by atoms with van der Waals surface area (Å²) < 4.78 is 17.6. The Bertz CT molecular complexity index is 1610. The highest BCUT2D eigenvalue weighted by Gasteiger charge is 2.62. The third kappa shape index (κ3) is 6.26. The van der Waals surface area contributed by atoms with Crippen molar-refractivity contribution in [2.24, 2.45) is 17.8 Å². The number of allylic oxidation sites excluding steroid dienone is 1. The van der Waals surface area contributed by atoms with E-state index in [1.807, 2.05) is 60.7 Å². The van der Waals surface area contributed by atoms with Gasteiger partial charge in [0.15, 0.2) is 0 Å². The molecule has 2 saturated carbocycles. The molecular weight excluding hydrogens is 570 g/mol. The smallest absolute Gasteiger partial charge is 0.332 e. The number of amides is 2. The first kappa shape index (κ1) is 30.6. The predicted octanol–water partition coefficient (Wildman–Crippen LogP) is 5.32. The van der Waals surface area contributed by atoms with Crippen LogP contribution in [0.3, 0.4) is 0 Å². The van der Waals surface area contributed by atoms with Crippen molar-refractivity contribution in [2.75, 3.05) is 27.3 Å². The first-order valence-electron chi connectivity index (χ1n) is 15.9. The molecule has 5 atom stereocenters. The van der Waals surface area contributed by atoms with E-state index in [0.29, 0.717) is 37.3 Å². The van der Waals surface area contributed by atoms with Gasteiger partial charge in [-0.2, -0.15) is 0 Å². The number of rotatable bonds is 6. The van der Waals surface area contributed by atoms with Gasteiger partial charge in [-0.15, -0.1) is 0 Å². The Hall–Kier alpha value is -4.40. The summed E-state index contributed by atoms with van der Waals surface area (Å²) in [5.74, 6) is -0.811. The largest absolute Gasteiger partial charge is 0.497 e. The minimum atomic E-state index is -1.09. The lowest BCUT2D eigenvalue weighted by Gasteiger charge is -2.26. The van der Waals surface area contributed by atoms with Gasteiger partial charge in [-0.1, -0.05) is 42.5 Å². The zero-order valence-electron chi connectivity index (χ0n) is 26.2. The van der Waals surface area contributed by atoms with E-state index in [9.17, 15) is 14.4 Å². The number of esters is 1. The third-order valence-electron chi connectivity index (χ3n) is 9.38. The molecule has 2 heterocycles. The van der Waals surface area contributed by atoms with Crippen LogP contribution in [-0.4, -0.2) is 66.6 Å². The van der Waals surface area contributed by atoms with Gasteiger partial charge in [0.05, 0.1) is 36.8 Å². The fourth-order valence-electron chi connectivity index (χ4n) is 6.77. The van der Waals surface area contributed by atoms with Gasteiger partial charge in [-0.3, -0.25) is 9.59 Å². The summed E-state index contributed by atoms with van der Waals surface area (Å²) in [7, 11) is 3.42. The molecule has 1 aliphatic heterocycles. The minimum Gasteiger partial charge on any atom is -0.497 e. The molecule has 2 fully saturated rings. The van der Waals surface area contributed by atoms with Crippen LogP contribution in [0.15, 0.2) is 66.7 Å². The Kier molecular flexibility index (Phi) is 8.79. The topological polar surface area (TPSA) is 107 Å². The molecule has 3 aliphatic rings. The number of aromatic nitrogens is 1. The van der Waals surface area contributed by atoms with Crippen LogP contribution in [0.5, 0.6) is 11.5 Å². The number of carbonyl (C=O) groups is 3. The molecule has 236 valence electrons. The van der Waals surface area contributed by atoms with Crippen LogP contribution in [-0.2, 0) is 19.1 Å². The molecule has 0 bridgehead atoms. The van der Waals surface area contributed by atoms with E-state index >= 15 is 0 Å². The highest BCUT2D eigenvalue weighted by atomic mass is 16.5. The van der Waals surface area contributed by atoms with E-state index in [1.165, 1.54) is 0 Å². The van der Waals surface area contributed by atoms with Crippen molar-refractivity contribution in [1.82, 2.24) is 15.2 Å². The second-order valence-electron chi connectivity index (χ2n) is 12.4. The summed E-state index contributed by atoms with van der Waals surface area (Å²) in [6.45, 7) is 2.61. The Morgan fingerprint density at radius 2 is 1.87 bits per heavy atom. The summed E-state index contributed by atoms with van der Waals surface area (Å²) in [6, 6.07) is 17.5. The van der Waals surface area contributed by atoms with Crippen molar-refractivity contribution < 1.29 is 28.6 Å². The Balaban J connectivity index is 1.32. The number of hydrogen-bond acceptors (Lipinski definition) is 7. The SMILES string of the molecule is CCOC(=O)[C@@]12C[C@H]1/C=C\CCCCN(C)C(=O)[C@@H]1C[C@H](Oc3cc(-c4ccccc4)nc4cc(OC)ccc34)C[C@H]1C(=O)N2. The number of nitrogens with zero attached hydrogens (tertiary/aromatic N) is 2. The van der Waals surface area contributed by atoms with Crippen LogP contribution < -0.4 is 14.8 Å². The monoisotopic (exact) mass is 611 g/mol. The van der Waals surface area contributed by atoms with Crippen molar-refractivity contribution in [1.29, 1.82) is 0 Å². The molecule has 3 aromatic rings. The van der Waals surface area contributed by atoms with Crippen LogP contribution in [0, 0.1) is 17.8 Å². The van der Waals surface area contributed by atoms with Gasteiger partial charge >= 0.3 is 5.97 Å². The molecule has 45 heavy (non-hydrogen) atoms. The second-order valence-corrected chi connectivity index (χ2v) is 12.4. The zero-order chi connectivity index (χ0) is 31.6. The van der Waals surface area contributed by atoms with E-state index in [2.05, 4.69) is 11.4 Å². The average Bonchev–Trinajstić information content (AvgIpc) is 3.59. The number of benzene rings is 2. The minimum absolute atomic E-state index is 0.0688. The lowest BCUT2D eigenvalue weighted by atomic mass is 9.93. The summed E-state index contributed by atoms with van der Waals surface area (Å²) in [6.07, 6.45) is 7.58. The Morgan fingerprint density at radius 1 is 1.07 bits per heavy atom. The molecule has 2 aromatic carbocycles. The fourth-order valence-corrected chi connectivity index (χ4v) is 6.77. The molecule has 2 aliphatic carbocycles. The number of carbonyl (C=O) groups excluding carboxylic acids is 3. The van der Waals surface area contributed by atoms with Gasteiger partial charge < -0.3 is 24.4 Å². The number of pyridine rings is 1. The van der Waals surface area contributed by atoms with Gasteiger partial charge in [0, 0.05) is 42.6 Å². The first-order valence-corrected chi connectivity index (χ1v) is 15.9. The van der Waals surface area contributed by atoms with Crippen LogP contribution >= 0.6 is 0 Å². The molecule has 0 radical (unpaired) electrons. The third-order valence-corrected chi connectivity index (χ3v) is 9.38. The van der Waals surface area contributed by atoms with Crippen molar-refractivity contribution in [2.45, 2.75) is 57.1 Å². The molecule has 0 saturated heterocycles. The second kappa shape index (κ2) is 12.9. The molecule has 9 nitrogen and oxygen atoms in total. The van der Waals surface area contributed by atoms with Crippen LogP contribution in [0.25, 0.3) is 22.2 Å². The summed E-state index contributed by atoms with van der Waals surface area (Å²) in [5, 5.41) is 3.87. The Labute approximate surface area is 263 Å². The number of ether oxygens (including phenoxy) is 3. The van der Waals surface area contributed by atoms with Crippen molar-refractivity contribution in [3.05, 3.63) is 66.7 Å². The van der Waals surface area contributed by atoms with Crippen LogP contribution in [0.2, 0.25) is 0 Å². The van der Waals surface area contributed by atoms with Gasteiger partial charge in [0.25, 0.3) is 0 Å². The van der Waals surface area contributed by atoms with E-state index in [0.717, 1.165) is 41.4 Å². The molecular formula is C36H41N3O6. The maximum absolute atomic E-state index is 14.0. The lowest BCUT2D eigenvalue weighted by molar-refractivity contribution is -0.150. The summed E-state index contributed by atoms with van der Waals surface area (Å²) in [5.41, 5.74) is 1.33. The van der Waals surface area contributed by atoms with E-state index in [-0.39, 0.29) is 24.3 Å². The molecule has 2 amide bonds. The quantitative estimate of drug-likeness (QED) is 0.297. The Morgan fingerprint density at radius 3 is 2.64 bits per heavy atom. The lowest BCUT2D eigenvalue weighted by Crippen LogP contribution is -2.50. The highest BCUT2D eigenvalue weighted by Crippen LogP contribution is 2.47. The molecule has 0 unspecified atom stereocenters. The van der Waals surface area contributed by atoms with Crippen molar-refractivity contribution in [3.63, 3.8) is 0 Å². The van der Waals surface area contributed by atoms with Gasteiger partial charge in [-0.25, -0.2) is 9.78 Å². The molecule has 6 rings (SSSR count). The number of methoxy groups -OCH3 is 1. The zero-order valence-corrected chi connectivity index (χ0v) is 26.2. The average molecular weight is 612 g/mol. The van der Waals surface area contributed by atoms with E-state index < -0.39 is 29.4 Å². The fraction of sp³-hybridized carbons (Fsp3) is 0.444. The predicted molar refractivity (Wildman–Crippen MR) is 171 cm³/mol. The van der Waals surface area contributed by atoms with Gasteiger partial charge in [-0.05, 0) is 57.6 Å². The van der Waals surface area contributed by atoms with Crippen molar-refractivity contribution >= 4 is 28.7 Å². The normalized spacial score (nSPS) is 27.5. The van der Waals surface area contributed by atoms with Crippen LogP contribution in [0.4, 0.5) is 0 Å². The molecule has 9 heteroatoms. The van der Waals surface area contributed by atoms with E-state index in [4.69, 9.17) is 19.2 Å². The molecule has 0 spiro atoms. The maximum Gasteiger partial charge on any atom is 0.332 e. The van der Waals surface area contributed by atoms with Gasteiger partial charge in [0.2, 0.25) is 11.8 Å². The standard InChI is InChI=1S/C36H41N3O6/c1-4-44-35(42)36-22-24(36)14-10-5-6-11-17-39(2)34(41)29-19-26(18-28(29)33(40)38-36)45-32-21-30(23-12-8-7-9-13-23)37-31-20-25(43-3)15-16-27(31)32/h7-10,12-16,20-21,24,26,28-29H,4-6,11,17-19,22H2,1-3H3,(H,38,40)/b14-10-/t24-,26-,28-,29-,36-/m1/s1. The van der Waals surface area contributed by atoms with E-state index in [1.54, 1.807) is 26.0 Å². The number of fused-ring (bicyclic) bond motifs is 3. The molecule has 1 N–H and O–H groups in total. The number of hydrogen-bond donors (Lipinski definition) is 1. The molecule has 1 aromatic heterocycles. The highest BCUT2D eigenvalue weighted by molar-refractivity contribution is 5.95. The summed E-state index contributed by atoms with van der Waals surface area (Å²) in [4.78, 5) is 47.6. The van der Waals surface area contributed by atoms with Crippen LogP contribution in [0.1, 0.15) is 45.4 Å². The first-order chi connectivity index (χ1) is 21.8. The maximum atomic E-state index is 14.0. The number of nitrogens with one attached hydrogen (secondary N) is 1.